The molecule has 3 heterocycles. The Morgan fingerprint density at radius 1 is 1.00 bits per heavy atom. The summed E-state index contributed by atoms with van der Waals surface area (Å²) in [5.74, 6) is 0. The fourth-order valence-electron chi connectivity index (χ4n) is 2.07. The Hall–Kier alpha value is -2.87. The lowest BCUT2D eigenvalue weighted by atomic mass is 10.2. The molecule has 0 aliphatic rings. The van der Waals surface area contributed by atoms with Crippen molar-refractivity contribution in [3.05, 3.63) is 62.4 Å². The van der Waals surface area contributed by atoms with Crippen LogP contribution in [0.3, 0.4) is 0 Å². The molecule has 2 N–H and O–H groups in total. The summed E-state index contributed by atoms with van der Waals surface area (Å²) >= 11 is 1.20. The zero-order valence-corrected chi connectivity index (χ0v) is 13.3. The van der Waals surface area contributed by atoms with E-state index >= 15 is 0 Å². The number of aromatic amines is 2. The smallest absolute Gasteiger partial charge is 0.307 e. The molecule has 116 valence electrons. The Labute approximate surface area is 134 Å². The van der Waals surface area contributed by atoms with E-state index in [9.17, 15) is 9.59 Å². The first-order valence-electron chi connectivity index (χ1n) is 6.81. The van der Waals surface area contributed by atoms with Crippen LogP contribution in [0.2, 0.25) is 0 Å². The number of H-pyrrole nitrogens is 2. The highest BCUT2D eigenvalue weighted by Crippen LogP contribution is 2.08. The molecule has 23 heavy (non-hydrogen) atoms. The van der Waals surface area contributed by atoms with Crippen molar-refractivity contribution in [3.8, 4) is 0 Å². The van der Waals surface area contributed by atoms with Crippen molar-refractivity contribution < 1.29 is 0 Å². The molecule has 0 aliphatic carbocycles. The largest absolute Gasteiger partial charge is 0.326 e. The average molecular weight is 327 g/mol. The first-order chi connectivity index (χ1) is 11.0. The van der Waals surface area contributed by atoms with Gasteiger partial charge in [-0.05, 0) is 43.2 Å². The van der Waals surface area contributed by atoms with Gasteiger partial charge in [0.15, 0.2) is 5.65 Å². The van der Waals surface area contributed by atoms with Crippen LogP contribution < -0.4 is 11.2 Å². The third-order valence-electron chi connectivity index (χ3n) is 3.15. The SMILES string of the molecule is Cc1ccc2c(=O)[nH]c(=O)[nH]c2c1.Cc1cnc2nsnc2c1. The summed E-state index contributed by atoms with van der Waals surface area (Å²) in [7, 11) is 0. The number of nitrogens with one attached hydrogen (secondary N) is 2. The number of fused-ring (bicyclic) bond motifs is 2. The molecule has 0 fully saturated rings. The maximum Gasteiger partial charge on any atom is 0.326 e. The lowest BCUT2D eigenvalue weighted by Crippen LogP contribution is -2.21. The van der Waals surface area contributed by atoms with Crippen molar-refractivity contribution in [1.82, 2.24) is 23.7 Å². The van der Waals surface area contributed by atoms with E-state index in [1.54, 1.807) is 18.3 Å². The first kappa shape index (κ1) is 15.0. The summed E-state index contributed by atoms with van der Waals surface area (Å²) in [5.41, 5.74) is 3.53. The van der Waals surface area contributed by atoms with Gasteiger partial charge < -0.3 is 4.98 Å². The molecule has 8 heteroatoms. The number of nitrogens with zero attached hydrogens (tertiary/aromatic N) is 3. The van der Waals surface area contributed by atoms with Crippen LogP contribution in [0.15, 0.2) is 40.1 Å². The third-order valence-corrected chi connectivity index (χ3v) is 3.68. The molecule has 0 radical (unpaired) electrons. The van der Waals surface area contributed by atoms with Crippen LogP contribution in [-0.2, 0) is 0 Å². The Kier molecular flexibility index (Phi) is 3.98. The van der Waals surface area contributed by atoms with Gasteiger partial charge in [0.05, 0.1) is 22.6 Å². The summed E-state index contributed by atoms with van der Waals surface area (Å²) in [6.07, 6.45) is 1.80. The van der Waals surface area contributed by atoms with E-state index in [-0.39, 0.29) is 5.56 Å². The molecular weight excluding hydrogens is 314 g/mol. The zero-order valence-electron chi connectivity index (χ0n) is 12.5. The van der Waals surface area contributed by atoms with Gasteiger partial charge in [-0.25, -0.2) is 9.78 Å². The highest BCUT2D eigenvalue weighted by atomic mass is 32.1. The van der Waals surface area contributed by atoms with Crippen molar-refractivity contribution in [2.24, 2.45) is 0 Å². The van der Waals surface area contributed by atoms with Crippen LogP contribution in [-0.4, -0.2) is 23.7 Å². The maximum atomic E-state index is 11.2. The molecule has 4 aromatic rings. The van der Waals surface area contributed by atoms with Crippen LogP contribution in [0, 0.1) is 13.8 Å². The quantitative estimate of drug-likeness (QED) is 0.513. The number of pyridine rings is 1. The minimum Gasteiger partial charge on any atom is -0.307 e. The number of aromatic nitrogens is 5. The molecular formula is C15H13N5O2S. The number of hydrogen-bond donors (Lipinski definition) is 2. The lowest BCUT2D eigenvalue weighted by Gasteiger charge is -1.96. The summed E-state index contributed by atoms with van der Waals surface area (Å²) in [6.45, 7) is 3.89. The van der Waals surface area contributed by atoms with Gasteiger partial charge in [0.2, 0.25) is 0 Å². The fraction of sp³-hybridized carbons (Fsp3) is 0.133. The van der Waals surface area contributed by atoms with Crippen LogP contribution in [0.1, 0.15) is 11.1 Å². The van der Waals surface area contributed by atoms with E-state index in [1.807, 2.05) is 26.0 Å². The van der Waals surface area contributed by atoms with Gasteiger partial charge in [-0.15, -0.1) is 0 Å². The number of hydrogen-bond acceptors (Lipinski definition) is 6. The Bertz CT molecular complexity index is 1100. The van der Waals surface area contributed by atoms with Crippen molar-refractivity contribution in [3.63, 3.8) is 0 Å². The van der Waals surface area contributed by atoms with Crippen molar-refractivity contribution in [2.75, 3.05) is 0 Å². The topological polar surface area (TPSA) is 104 Å². The number of rotatable bonds is 0. The van der Waals surface area contributed by atoms with Crippen molar-refractivity contribution >= 4 is 33.8 Å². The molecule has 3 aromatic heterocycles. The van der Waals surface area contributed by atoms with Gasteiger partial charge in [0.1, 0.15) is 5.52 Å². The van der Waals surface area contributed by atoms with Gasteiger partial charge >= 0.3 is 5.69 Å². The van der Waals surface area contributed by atoms with Crippen molar-refractivity contribution in [1.29, 1.82) is 0 Å². The molecule has 0 unspecified atom stereocenters. The summed E-state index contributed by atoms with van der Waals surface area (Å²) in [6, 6.07) is 7.27. The minimum absolute atomic E-state index is 0.348. The third kappa shape index (κ3) is 3.32. The Morgan fingerprint density at radius 3 is 2.65 bits per heavy atom. The molecule has 0 aliphatic heterocycles. The minimum atomic E-state index is -0.469. The molecule has 0 spiro atoms. The second kappa shape index (κ2) is 6.09. The Morgan fingerprint density at radius 2 is 1.83 bits per heavy atom. The van der Waals surface area contributed by atoms with Crippen LogP contribution in [0.5, 0.6) is 0 Å². The Balaban J connectivity index is 0.000000140. The molecule has 0 saturated heterocycles. The van der Waals surface area contributed by atoms with E-state index < -0.39 is 5.69 Å². The van der Waals surface area contributed by atoms with E-state index in [1.165, 1.54) is 11.7 Å². The molecule has 1 aromatic carbocycles. The predicted molar refractivity (Wildman–Crippen MR) is 89.9 cm³/mol. The van der Waals surface area contributed by atoms with E-state index in [0.29, 0.717) is 10.9 Å². The van der Waals surface area contributed by atoms with E-state index in [0.717, 1.165) is 22.3 Å². The average Bonchev–Trinajstić information content (AvgIpc) is 2.94. The summed E-state index contributed by atoms with van der Waals surface area (Å²) in [4.78, 5) is 30.9. The van der Waals surface area contributed by atoms with Crippen LogP contribution in [0.25, 0.3) is 22.1 Å². The lowest BCUT2D eigenvalue weighted by molar-refractivity contribution is 1.08. The van der Waals surface area contributed by atoms with Crippen molar-refractivity contribution in [2.45, 2.75) is 13.8 Å². The van der Waals surface area contributed by atoms with Crippen LogP contribution in [0.4, 0.5) is 0 Å². The molecule has 0 saturated carbocycles. The van der Waals surface area contributed by atoms with Crippen LogP contribution >= 0.6 is 11.7 Å². The fourth-order valence-corrected chi connectivity index (χ4v) is 2.55. The normalized spacial score (nSPS) is 10.5. The summed E-state index contributed by atoms with van der Waals surface area (Å²) in [5, 5.41) is 0.505. The first-order valence-corrected chi connectivity index (χ1v) is 7.54. The number of benzene rings is 1. The highest BCUT2D eigenvalue weighted by Gasteiger charge is 1.99. The van der Waals surface area contributed by atoms with Gasteiger partial charge in [0.25, 0.3) is 5.56 Å². The second-order valence-corrected chi connectivity index (χ2v) is 5.61. The summed E-state index contributed by atoms with van der Waals surface area (Å²) < 4.78 is 8.03. The zero-order chi connectivity index (χ0) is 16.4. The van der Waals surface area contributed by atoms with E-state index in [4.69, 9.17) is 0 Å². The number of aryl methyl sites for hydroxylation is 2. The highest BCUT2D eigenvalue weighted by molar-refractivity contribution is 7.00. The van der Waals surface area contributed by atoms with Gasteiger partial charge in [-0.3, -0.25) is 9.78 Å². The van der Waals surface area contributed by atoms with Gasteiger partial charge in [0, 0.05) is 6.20 Å². The standard InChI is InChI=1S/C9H8N2O2.C6H5N3S/c1-5-2-3-6-7(4-5)10-9(13)11-8(6)12;1-4-2-5-6(7-3-4)9-10-8-5/h2-4H,1H3,(H2,10,11,12,13);2-3H,1H3. The molecule has 0 bridgehead atoms. The predicted octanol–water partition coefficient (Wildman–Crippen LogP) is 1.92. The van der Waals surface area contributed by atoms with Gasteiger partial charge in [-0.1, -0.05) is 6.07 Å². The maximum absolute atomic E-state index is 11.2. The molecule has 7 nitrogen and oxygen atoms in total. The van der Waals surface area contributed by atoms with Gasteiger partial charge in [-0.2, -0.15) is 8.75 Å². The molecule has 0 amide bonds. The monoisotopic (exact) mass is 327 g/mol. The molecule has 4 rings (SSSR count). The second-order valence-electron chi connectivity index (χ2n) is 5.08. The van der Waals surface area contributed by atoms with E-state index in [2.05, 4.69) is 23.7 Å². The molecule has 0 atom stereocenters.